The molecule has 0 unspecified atom stereocenters. The van der Waals surface area contributed by atoms with E-state index in [2.05, 4.69) is 10.6 Å². The van der Waals surface area contributed by atoms with Gasteiger partial charge in [-0.15, -0.1) is 0 Å². The van der Waals surface area contributed by atoms with Crippen molar-refractivity contribution < 1.29 is 14.4 Å². The van der Waals surface area contributed by atoms with Crippen molar-refractivity contribution in [3.8, 4) is 0 Å². The van der Waals surface area contributed by atoms with Gasteiger partial charge >= 0.3 is 6.03 Å². The minimum absolute atomic E-state index is 0.133. The van der Waals surface area contributed by atoms with Gasteiger partial charge in [0.05, 0.1) is 11.1 Å². The number of nitrogens with one attached hydrogen (secondary N) is 2. The molecule has 6 heteroatoms. The number of carbonyl (C=O) groups excluding carboxylic acids is 3. The Hall–Kier alpha value is -3.15. The number of imide groups is 1. The lowest BCUT2D eigenvalue weighted by atomic mass is 10.1. The van der Waals surface area contributed by atoms with Gasteiger partial charge in [-0.05, 0) is 36.6 Å². The average Bonchev–Trinajstić information content (AvgIpc) is 2.88. The van der Waals surface area contributed by atoms with Gasteiger partial charge in [0.25, 0.3) is 11.8 Å². The molecule has 6 nitrogen and oxygen atoms in total. The highest BCUT2D eigenvalue weighted by molar-refractivity contribution is 6.21. The molecule has 0 spiro atoms. The molecule has 0 saturated carbocycles. The lowest BCUT2D eigenvalue weighted by Gasteiger charge is -2.16. The van der Waals surface area contributed by atoms with Crippen molar-refractivity contribution in [1.29, 1.82) is 0 Å². The Morgan fingerprint density at radius 3 is 2.27 bits per heavy atom. The Labute approximate surface area is 152 Å². The monoisotopic (exact) mass is 351 g/mol. The quantitative estimate of drug-likeness (QED) is 0.813. The number of aryl methyl sites for hydroxylation is 2. The number of fused-ring (bicyclic) bond motifs is 1. The Morgan fingerprint density at radius 2 is 1.65 bits per heavy atom. The number of carbonyl (C=O) groups is 3. The first-order valence-electron chi connectivity index (χ1n) is 8.61. The van der Waals surface area contributed by atoms with Crippen LogP contribution in [0, 0.1) is 6.92 Å². The molecule has 0 aromatic heterocycles. The summed E-state index contributed by atoms with van der Waals surface area (Å²) in [6.07, 6.45) is 0.812. The minimum atomic E-state index is -0.356. The minimum Gasteiger partial charge on any atom is -0.336 e. The Bertz CT molecular complexity index is 841. The lowest BCUT2D eigenvalue weighted by Crippen LogP contribution is -2.39. The van der Waals surface area contributed by atoms with Gasteiger partial charge in [0, 0.05) is 18.8 Å². The van der Waals surface area contributed by atoms with E-state index in [0.717, 1.165) is 28.1 Å². The van der Waals surface area contributed by atoms with E-state index >= 15 is 0 Å². The van der Waals surface area contributed by atoms with E-state index < -0.39 is 0 Å². The van der Waals surface area contributed by atoms with E-state index in [1.165, 1.54) is 0 Å². The third-order valence-corrected chi connectivity index (χ3v) is 4.48. The van der Waals surface area contributed by atoms with E-state index in [0.29, 0.717) is 11.1 Å². The van der Waals surface area contributed by atoms with Crippen LogP contribution in [-0.2, 0) is 6.42 Å². The first-order chi connectivity index (χ1) is 12.5. The van der Waals surface area contributed by atoms with Gasteiger partial charge in [0.1, 0.15) is 0 Å². The number of rotatable bonds is 5. The summed E-state index contributed by atoms with van der Waals surface area (Å²) in [5.74, 6) is -0.639. The second-order valence-electron chi connectivity index (χ2n) is 6.15. The van der Waals surface area contributed by atoms with E-state index in [-0.39, 0.29) is 30.9 Å². The third kappa shape index (κ3) is 3.31. The van der Waals surface area contributed by atoms with Crippen LogP contribution in [0.25, 0.3) is 0 Å². The normalized spacial score (nSPS) is 12.9. The van der Waals surface area contributed by atoms with E-state index in [4.69, 9.17) is 0 Å². The molecule has 3 rings (SSSR count). The van der Waals surface area contributed by atoms with Crippen LogP contribution < -0.4 is 10.6 Å². The SMILES string of the molecule is CCc1cccc(C)c1NC(=O)NCCN1C(=O)c2ccccc2C1=O. The van der Waals surface area contributed by atoms with Gasteiger partial charge in [-0.25, -0.2) is 4.79 Å². The summed E-state index contributed by atoms with van der Waals surface area (Å²) >= 11 is 0. The van der Waals surface area contributed by atoms with Crippen molar-refractivity contribution in [3.05, 3.63) is 64.7 Å². The highest BCUT2D eigenvalue weighted by Crippen LogP contribution is 2.22. The Morgan fingerprint density at radius 1 is 1.00 bits per heavy atom. The zero-order valence-electron chi connectivity index (χ0n) is 14.8. The maximum Gasteiger partial charge on any atom is 0.319 e. The molecule has 0 aliphatic carbocycles. The maximum absolute atomic E-state index is 12.3. The second kappa shape index (κ2) is 7.39. The van der Waals surface area contributed by atoms with Crippen LogP contribution in [0.3, 0.4) is 0 Å². The fraction of sp³-hybridized carbons (Fsp3) is 0.250. The highest BCUT2D eigenvalue weighted by Gasteiger charge is 2.34. The number of hydrogen-bond acceptors (Lipinski definition) is 3. The molecule has 0 radical (unpaired) electrons. The Balaban J connectivity index is 1.57. The smallest absolute Gasteiger partial charge is 0.319 e. The van der Waals surface area contributed by atoms with Crippen molar-refractivity contribution in [1.82, 2.24) is 10.2 Å². The molecule has 0 fully saturated rings. The molecular formula is C20H21N3O3. The van der Waals surface area contributed by atoms with Crippen LogP contribution in [0.2, 0.25) is 0 Å². The number of para-hydroxylation sites is 1. The molecular weight excluding hydrogens is 330 g/mol. The van der Waals surface area contributed by atoms with Gasteiger partial charge in [-0.3, -0.25) is 14.5 Å². The first-order valence-corrected chi connectivity index (χ1v) is 8.61. The first kappa shape index (κ1) is 17.7. The van der Waals surface area contributed by atoms with Crippen molar-refractivity contribution >= 4 is 23.5 Å². The van der Waals surface area contributed by atoms with Crippen molar-refractivity contribution in [2.24, 2.45) is 0 Å². The molecule has 1 aliphatic rings. The second-order valence-corrected chi connectivity index (χ2v) is 6.15. The standard InChI is InChI=1S/C20H21N3O3/c1-3-14-8-6-7-13(2)17(14)22-20(26)21-11-12-23-18(24)15-9-4-5-10-16(15)19(23)25/h4-10H,3,11-12H2,1-2H3,(H2,21,22,26). The van der Waals surface area contributed by atoms with Gasteiger partial charge in [0.15, 0.2) is 0 Å². The van der Waals surface area contributed by atoms with Gasteiger partial charge in [0.2, 0.25) is 0 Å². The molecule has 1 heterocycles. The molecule has 26 heavy (non-hydrogen) atoms. The molecule has 2 aromatic rings. The third-order valence-electron chi connectivity index (χ3n) is 4.48. The Kier molecular flexibility index (Phi) is 5.02. The zero-order valence-corrected chi connectivity index (χ0v) is 14.8. The van der Waals surface area contributed by atoms with Crippen molar-refractivity contribution in [2.75, 3.05) is 18.4 Å². The molecule has 0 atom stereocenters. The maximum atomic E-state index is 12.3. The summed E-state index contributed by atoms with van der Waals surface area (Å²) in [5, 5.41) is 5.56. The number of benzene rings is 2. The summed E-state index contributed by atoms with van der Waals surface area (Å²) in [7, 11) is 0. The number of anilines is 1. The van der Waals surface area contributed by atoms with Crippen LogP contribution in [0.5, 0.6) is 0 Å². The van der Waals surface area contributed by atoms with Crippen LogP contribution in [0.1, 0.15) is 38.8 Å². The number of nitrogens with zero attached hydrogens (tertiary/aromatic N) is 1. The number of hydrogen-bond donors (Lipinski definition) is 2. The van der Waals surface area contributed by atoms with Gasteiger partial charge in [-0.1, -0.05) is 37.3 Å². The van der Waals surface area contributed by atoms with Crippen LogP contribution in [-0.4, -0.2) is 35.8 Å². The predicted octanol–water partition coefficient (Wildman–Crippen LogP) is 2.98. The summed E-state index contributed by atoms with van der Waals surface area (Å²) < 4.78 is 0. The van der Waals surface area contributed by atoms with Crippen molar-refractivity contribution in [3.63, 3.8) is 0 Å². The largest absolute Gasteiger partial charge is 0.336 e. The number of urea groups is 1. The van der Waals surface area contributed by atoms with Crippen LogP contribution in [0.4, 0.5) is 10.5 Å². The van der Waals surface area contributed by atoms with E-state index in [1.807, 2.05) is 32.0 Å². The molecule has 1 aliphatic heterocycles. The molecule has 0 saturated heterocycles. The topological polar surface area (TPSA) is 78.5 Å². The fourth-order valence-corrected chi connectivity index (χ4v) is 3.08. The summed E-state index contributed by atoms with van der Waals surface area (Å²) in [6, 6.07) is 12.2. The highest BCUT2D eigenvalue weighted by atomic mass is 16.2. The molecule has 0 bridgehead atoms. The van der Waals surface area contributed by atoms with Crippen LogP contribution >= 0.6 is 0 Å². The zero-order chi connectivity index (χ0) is 18.7. The van der Waals surface area contributed by atoms with Gasteiger partial charge in [-0.2, -0.15) is 0 Å². The number of amides is 4. The van der Waals surface area contributed by atoms with E-state index in [9.17, 15) is 14.4 Å². The summed E-state index contributed by atoms with van der Waals surface area (Å²) in [6.45, 7) is 4.28. The van der Waals surface area contributed by atoms with Crippen molar-refractivity contribution in [2.45, 2.75) is 20.3 Å². The van der Waals surface area contributed by atoms with Gasteiger partial charge < -0.3 is 10.6 Å². The van der Waals surface area contributed by atoms with Crippen LogP contribution in [0.15, 0.2) is 42.5 Å². The van der Waals surface area contributed by atoms with E-state index in [1.54, 1.807) is 24.3 Å². The predicted molar refractivity (Wildman–Crippen MR) is 99.4 cm³/mol. The fourth-order valence-electron chi connectivity index (χ4n) is 3.08. The lowest BCUT2D eigenvalue weighted by molar-refractivity contribution is 0.0656. The molecule has 2 N–H and O–H groups in total. The summed E-state index contributed by atoms with van der Waals surface area (Å²) in [5.41, 5.74) is 3.66. The molecule has 2 aromatic carbocycles. The summed E-state index contributed by atoms with van der Waals surface area (Å²) in [4.78, 5) is 37.9. The average molecular weight is 351 g/mol. The molecule has 4 amide bonds. The molecule has 134 valence electrons.